The number of nitrogens with two attached hydrogens (primary N) is 1. The number of carbonyl (C=O) groups excluding carboxylic acids is 1. The Hall–Kier alpha value is -0.870. The van der Waals surface area contributed by atoms with Gasteiger partial charge >= 0.3 is 6.03 Å². The van der Waals surface area contributed by atoms with Crippen LogP contribution in [0.2, 0.25) is 0 Å². The third-order valence-electron chi connectivity index (χ3n) is 4.30. The number of halogens is 2. The summed E-state index contributed by atoms with van der Waals surface area (Å²) in [5, 5.41) is 0. The Morgan fingerprint density at radius 1 is 1.00 bits per heavy atom. The second-order valence-corrected chi connectivity index (χ2v) is 5.62. The molecule has 0 bridgehead atoms. The van der Waals surface area contributed by atoms with Crippen molar-refractivity contribution in [3.63, 3.8) is 0 Å². The predicted molar refractivity (Wildman–Crippen MR) is 65.5 cm³/mol. The smallest absolute Gasteiger partial charge is 0.315 e. The van der Waals surface area contributed by atoms with Crippen LogP contribution in [0.1, 0.15) is 57.8 Å². The number of urea groups is 1. The van der Waals surface area contributed by atoms with Crippen LogP contribution < -0.4 is 5.73 Å². The van der Waals surface area contributed by atoms with Crippen LogP contribution >= 0.6 is 0 Å². The van der Waals surface area contributed by atoms with Crippen molar-refractivity contribution in [3.8, 4) is 0 Å². The summed E-state index contributed by atoms with van der Waals surface area (Å²) in [4.78, 5) is 13.3. The molecule has 2 saturated carbocycles. The molecule has 0 heterocycles. The standard InChI is InChI=1S/C13H22F2N2O/c14-13(15)8-6-11(7-9-13)17(12(16)18)10-4-2-1-3-5-10/h10-11H,1-9H2,(H2,16,18). The lowest BCUT2D eigenvalue weighted by Crippen LogP contribution is -2.52. The van der Waals surface area contributed by atoms with Crippen LogP contribution in [0.15, 0.2) is 0 Å². The number of hydrogen-bond acceptors (Lipinski definition) is 1. The number of carbonyl (C=O) groups is 1. The largest absolute Gasteiger partial charge is 0.351 e. The molecule has 0 unspecified atom stereocenters. The molecule has 0 radical (unpaired) electrons. The Balaban J connectivity index is 1.99. The normalized spacial score (nSPS) is 25.9. The summed E-state index contributed by atoms with van der Waals surface area (Å²) in [5.41, 5.74) is 5.47. The van der Waals surface area contributed by atoms with Gasteiger partial charge in [0.25, 0.3) is 0 Å². The minimum Gasteiger partial charge on any atom is -0.351 e. The fourth-order valence-corrected chi connectivity index (χ4v) is 3.32. The minimum absolute atomic E-state index is 0.0785. The summed E-state index contributed by atoms with van der Waals surface area (Å²) < 4.78 is 26.3. The van der Waals surface area contributed by atoms with Crippen LogP contribution in [0.4, 0.5) is 13.6 Å². The molecule has 0 aromatic carbocycles. The van der Waals surface area contributed by atoms with Crippen LogP contribution in [0, 0.1) is 0 Å². The molecule has 2 amide bonds. The Morgan fingerprint density at radius 2 is 1.50 bits per heavy atom. The summed E-state index contributed by atoms with van der Waals surface area (Å²) in [5.74, 6) is -2.55. The molecule has 18 heavy (non-hydrogen) atoms. The molecule has 2 rings (SSSR count). The van der Waals surface area contributed by atoms with E-state index in [2.05, 4.69) is 0 Å². The van der Waals surface area contributed by atoms with Gasteiger partial charge in [-0.05, 0) is 25.7 Å². The summed E-state index contributed by atoms with van der Waals surface area (Å²) in [6.07, 6.45) is 5.88. The zero-order valence-corrected chi connectivity index (χ0v) is 10.7. The third-order valence-corrected chi connectivity index (χ3v) is 4.30. The Bertz CT molecular complexity index is 293. The van der Waals surface area contributed by atoms with E-state index in [-0.39, 0.29) is 24.9 Å². The van der Waals surface area contributed by atoms with Crippen molar-refractivity contribution in [3.05, 3.63) is 0 Å². The van der Waals surface area contributed by atoms with E-state index in [1.807, 2.05) is 0 Å². The van der Waals surface area contributed by atoms with Gasteiger partial charge in [-0.25, -0.2) is 13.6 Å². The van der Waals surface area contributed by atoms with Crippen molar-refractivity contribution in [1.82, 2.24) is 4.90 Å². The SMILES string of the molecule is NC(=O)N(C1CCCCC1)C1CCC(F)(F)CC1. The molecule has 104 valence electrons. The molecule has 0 atom stereocenters. The molecule has 0 aromatic heterocycles. The average Bonchev–Trinajstić information content (AvgIpc) is 2.33. The molecule has 3 nitrogen and oxygen atoms in total. The maximum atomic E-state index is 13.1. The number of nitrogens with zero attached hydrogens (tertiary/aromatic N) is 1. The Labute approximate surface area is 107 Å². The van der Waals surface area contributed by atoms with Crippen LogP contribution in [-0.2, 0) is 0 Å². The lowest BCUT2D eigenvalue weighted by atomic mass is 9.87. The van der Waals surface area contributed by atoms with Gasteiger partial charge in [0.1, 0.15) is 0 Å². The second-order valence-electron chi connectivity index (χ2n) is 5.62. The lowest BCUT2D eigenvalue weighted by molar-refractivity contribution is -0.0536. The van der Waals surface area contributed by atoms with Crippen molar-refractivity contribution in [2.24, 2.45) is 5.73 Å². The number of hydrogen-bond donors (Lipinski definition) is 1. The quantitative estimate of drug-likeness (QED) is 0.813. The summed E-state index contributed by atoms with van der Waals surface area (Å²) in [6.45, 7) is 0. The van der Waals surface area contributed by atoms with Crippen molar-refractivity contribution >= 4 is 6.03 Å². The molecule has 0 spiro atoms. The average molecular weight is 260 g/mol. The number of rotatable bonds is 2. The van der Waals surface area contributed by atoms with Gasteiger partial charge in [0.05, 0.1) is 0 Å². The zero-order chi connectivity index (χ0) is 13.2. The van der Waals surface area contributed by atoms with E-state index in [4.69, 9.17) is 5.73 Å². The van der Waals surface area contributed by atoms with Crippen LogP contribution in [0.5, 0.6) is 0 Å². The summed E-state index contributed by atoms with van der Waals surface area (Å²) in [7, 11) is 0. The first-order chi connectivity index (χ1) is 8.49. The van der Waals surface area contributed by atoms with Gasteiger partial charge in [0.15, 0.2) is 0 Å². The molecule has 2 aliphatic carbocycles. The van der Waals surface area contributed by atoms with Crippen molar-refractivity contribution < 1.29 is 13.6 Å². The summed E-state index contributed by atoms with van der Waals surface area (Å²) >= 11 is 0. The molecule has 2 aliphatic rings. The van der Waals surface area contributed by atoms with Gasteiger partial charge in [-0.1, -0.05) is 19.3 Å². The minimum atomic E-state index is -2.55. The number of alkyl halides is 2. The van der Waals surface area contributed by atoms with Gasteiger partial charge in [0, 0.05) is 24.9 Å². The van der Waals surface area contributed by atoms with E-state index in [1.165, 1.54) is 6.42 Å². The Kier molecular flexibility index (Phi) is 4.07. The van der Waals surface area contributed by atoms with Gasteiger partial charge in [-0.15, -0.1) is 0 Å². The third kappa shape index (κ3) is 3.12. The van der Waals surface area contributed by atoms with Crippen LogP contribution in [0.25, 0.3) is 0 Å². The topological polar surface area (TPSA) is 46.3 Å². The zero-order valence-electron chi connectivity index (χ0n) is 10.7. The van der Waals surface area contributed by atoms with E-state index in [1.54, 1.807) is 4.90 Å². The van der Waals surface area contributed by atoms with E-state index < -0.39 is 12.0 Å². The molecule has 0 aliphatic heterocycles. The molecular weight excluding hydrogens is 238 g/mol. The van der Waals surface area contributed by atoms with Crippen molar-refractivity contribution in [1.29, 1.82) is 0 Å². The number of amides is 2. The van der Waals surface area contributed by atoms with E-state index in [0.717, 1.165) is 25.7 Å². The van der Waals surface area contributed by atoms with E-state index >= 15 is 0 Å². The van der Waals surface area contributed by atoms with Crippen LogP contribution in [0.3, 0.4) is 0 Å². The highest BCUT2D eigenvalue weighted by molar-refractivity contribution is 5.72. The number of primary amides is 1. The highest BCUT2D eigenvalue weighted by atomic mass is 19.3. The van der Waals surface area contributed by atoms with Gasteiger partial charge in [-0.2, -0.15) is 0 Å². The van der Waals surface area contributed by atoms with E-state index in [0.29, 0.717) is 12.8 Å². The first kappa shape index (κ1) is 13.6. The lowest BCUT2D eigenvalue weighted by Gasteiger charge is -2.41. The molecule has 2 fully saturated rings. The van der Waals surface area contributed by atoms with Crippen molar-refractivity contribution in [2.45, 2.75) is 75.8 Å². The van der Waals surface area contributed by atoms with Crippen molar-refractivity contribution in [2.75, 3.05) is 0 Å². The molecule has 2 N–H and O–H groups in total. The van der Waals surface area contributed by atoms with E-state index in [9.17, 15) is 13.6 Å². The molecule has 0 saturated heterocycles. The maximum absolute atomic E-state index is 13.1. The highest BCUT2D eigenvalue weighted by Gasteiger charge is 2.39. The van der Waals surface area contributed by atoms with Gasteiger partial charge < -0.3 is 10.6 Å². The van der Waals surface area contributed by atoms with Gasteiger partial charge in [-0.3, -0.25) is 0 Å². The Morgan fingerprint density at radius 3 is 2.00 bits per heavy atom. The van der Waals surface area contributed by atoms with Crippen LogP contribution in [-0.4, -0.2) is 28.9 Å². The van der Waals surface area contributed by atoms with Gasteiger partial charge in [0.2, 0.25) is 5.92 Å². The predicted octanol–water partition coefficient (Wildman–Crippen LogP) is 3.28. The first-order valence-corrected chi connectivity index (χ1v) is 6.95. The monoisotopic (exact) mass is 260 g/mol. The second kappa shape index (κ2) is 5.41. The first-order valence-electron chi connectivity index (χ1n) is 6.95. The fraction of sp³-hybridized carbons (Fsp3) is 0.923. The highest BCUT2D eigenvalue weighted by Crippen LogP contribution is 2.37. The summed E-state index contributed by atoms with van der Waals surface area (Å²) in [6, 6.07) is -0.338. The maximum Gasteiger partial charge on any atom is 0.315 e. The molecule has 5 heteroatoms. The molecular formula is C13H22F2N2O. The fourth-order valence-electron chi connectivity index (χ4n) is 3.32. The molecule has 0 aromatic rings.